The van der Waals surface area contributed by atoms with Gasteiger partial charge in [0.15, 0.2) is 0 Å². The number of aryl methyl sites for hydroxylation is 2. The molecule has 17 heavy (non-hydrogen) atoms. The van der Waals surface area contributed by atoms with E-state index in [4.69, 9.17) is 5.11 Å². The molecule has 0 amide bonds. The van der Waals surface area contributed by atoms with E-state index in [1.165, 1.54) is 0 Å². The summed E-state index contributed by atoms with van der Waals surface area (Å²) in [6, 6.07) is 5.96. The van der Waals surface area contributed by atoms with Crippen LogP contribution in [-0.2, 0) is 21.3 Å². The number of carbonyl (C=O) groups is 1. The van der Waals surface area contributed by atoms with Gasteiger partial charge in [-0.25, -0.2) is 0 Å². The molecule has 1 rings (SSSR count). The van der Waals surface area contributed by atoms with Gasteiger partial charge in [-0.15, -0.1) is 0 Å². The molecule has 1 aromatic carbocycles. The van der Waals surface area contributed by atoms with Crippen LogP contribution in [0.3, 0.4) is 0 Å². The second-order valence-electron chi connectivity index (χ2n) is 4.26. The van der Waals surface area contributed by atoms with E-state index in [1.54, 1.807) is 6.92 Å². The minimum absolute atomic E-state index is 0.313. The van der Waals surface area contributed by atoms with E-state index >= 15 is 0 Å². The van der Waals surface area contributed by atoms with Crippen molar-refractivity contribution in [1.29, 1.82) is 0 Å². The van der Waals surface area contributed by atoms with E-state index in [0.717, 1.165) is 16.7 Å². The van der Waals surface area contributed by atoms with E-state index in [1.807, 2.05) is 32.0 Å². The fraction of sp³-hybridized carbons (Fsp3) is 0.462. The molecule has 4 heteroatoms. The molecule has 0 saturated heterocycles. The summed E-state index contributed by atoms with van der Waals surface area (Å²) in [4.78, 5) is 10.9. The average Bonchev–Trinajstić information content (AvgIpc) is 2.15. The first-order chi connectivity index (χ1) is 7.93. The summed E-state index contributed by atoms with van der Waals surface area (Å²) in [6.45, 7) is 5.71. The molecule has 1 N–H and O–H groups in total. The number of hydrogen-bond donors (Lipinski definition) is 1. The summed E-state index contributed by atoms with van der Waals surface area (Å²) in [5.41, 5.74) is 3.17. The number of aliphatic carboxylic acids is 1. The van der Waals surface area contributed by atoms with Gasteiger partial charge < -0.3 is 5.11 Å². The molecule has 0 bridgehead atoms. The van der Waals surface area contributed by atoms with Crippen molar-refractivity contribution in [2.75, 3.05) is 0 Å². The smallest absolute Gasteiger partial charge is 0.319 e. The second kappa shape index (κ2) is 5.96. The normalized spacial score (nSPS) is 14.3. The fourth-order valence-electron chi connectivity index (χ4n) is 1.89. The summed E-state index contributed by atoms with van der Waals surface area (Å²) in [5, 5.41) is 8.17. The van der Waals surface area contributed by atoms with Crippen molar-refractivity contribution < 1.29 is 14.1 Å². The Kier molecular flexibility index (Phi) is 4.87. The zero-order valence-corrected chi connectivity index (χ0v) is 11.2. The Morgan fingerprint density at radius 3 is 2.24 bits per heavy atom. The molecule has 2 atom stereocenters. The highest BCUT2D eigenvalue weighted by Gasteiger charge is 2.22. The molecule has 0 saturated carbocycles. The lowest BCUT2D eigenvalue weighted by molar-refractivity contribution is -0.136. The largest absolute Gasteiger partial charge is 0.480 e. The summed E-state index contributed by atoms with van der Waals surface area (Å²) < 4.78 is 11.9. The summed E-state index contributed by atoms with van der Waals surface area (Å²) in [5.74, 6) is -0.664. The molecule has 3 nitrogen and oxygen atoms in total. The Morgan fingerprint density at radius 2 is 1.82 bits per heavy atom. The first-order valence-electron chi connectivity index (χ1n) is 5.61. The van der Waals surface area contributed by atoms with Crippen molar-refractivity contribution in [3.8, 4) is 0 Å². The molecular weight excluding hydrogens is 236 g/mol. The van der Waals surface area contributed by atoms with Crippen LogP contribution in [0.5, 0.6) is 0 Å². The van der Waals surface area contributed by atoms with Crippen molar-refractivity contribution in [3.63, 3.8) is 0 Å². The fourth-order valence-corrected chi connectivity index (χ4v) is 3.18. The lowest BCUT2D eigenvalue weighted by Gasteiger charge is -2.10. The molecule has 0 spiro atoms. The van der Waals surface area contributed by atoms with Crippen molar-refractivity contribution >= 4 is 16.8 Å². The highest BCUT2D eigenvalue weighted by molar-refractivity contribution is 7.85. The van der Waals surface area contributed by atoms with Crippen molar-refractivity contribution in [3.05, 3.63) is 34.9 Å². The van der Waals surface area contributed by atoms with Crippen LogP contribution in [0.2, 0.25) is 0 Å². The van der Waals surface area contributed by atoms with E-state index < -0.39 is 22.0 Å². The molecular formula is C13H18O3S. The Morgan fingerprint density at radius 1 is 1.29 bits per heavy atom. The van der Waals surface area contributed by atoms with Gasteiger partial charge >= 0.3 is 5.97 Å². The molecule has 0 aromatic heterocycles. The van der Waals surface area contributed by atoms with E-state index in [9.17, 15) is 9.00 Å². The molecule has 0 aliphatic rings. The highest BCUT2D eigenvalue weighted by Crippen LogP contribution is 2.14. The zero-order valence-electron chi connectivity index (χ0n) is 10.4. The standard InChI is InChI=1S/C13H18O3S/c1-4-12(13(14)15)17(16)8-11-6-9(2)5-10(3)7-11/h5-7,12H,4,8H2,1-3H3,(H,14,15). The van der Waals surface area contributed by atoms with Crippen molar-refractivity contribution in [1.82, 2.24) is 0 Å². The predicted molar refractivity (Wildman–Crippen MR) is 69.5 cm³/mol. The lowest BCUT2D eigenvalue weighted by Crippen LogP contribution is -2.25. The van der Waals surface area contributed by atoms with Crippen LogP contribution in [0.1, 0.15) is 30.0 Å². The maximum absolute atomic E-state index is 11.9. The maximum Gasteiger partial charge on any atom is 0.319 e. The minimum atomic E-state index is -1.36. The van der Waals surface area contributed by atoms with E-state index in [0.29, 0.717) is 12.2 Å². The third-order valence-electron chi connectivity index (χ3n) is 2.55. The molecule has 0 radical (unpaired) electrons. The number of hydrogen-bond acceptors (Lipinski definition) is 2. The van der Waals surface area contributed by atoms with Crippen molar-refractivity contribution in [2.24, 2.45) is 0 Å². The SMILES string of the molecule is CCC(C(=O)O)S(=O)Cc1cc(C)cc(C)c1. The Hall–Kier alpha value is -1.16. The van der Waals surface area contributed by atoms with E-state index in [-0.39, 0.29) is 0 Å². The quantitative estimate of drug-likeness (QED) is 0.878. The van der Waals surface area contributed by atoms with Crippen LogP contribution in [0.4, 0.5) is 0 Å². The topological polar surface area (TPSA) is 54.4 Å². The van der Waals surface area contributed by atoms with Crippen LogP contribution in [0.15, 0.2) is 18.2 Å². The molecule has 2 unspecified atom stereocenters. The molecule has 0 aliphatic carbocycles. The Balaban J connectivity index is 2.83. The van der Waals surface area contributed by atoms with Gasteiger partial charge in [0.2, 0.25) is 0 Å². The van der Waals surface area contributed by atoms with Crippen LogP contribution in [-0.4, -0.2) is 20.5 Å². The van der Waals surface area contributed by atoms with Gasteiger partial charge in [-0.3, -0.25) is 9.00 Å². The monoisotopic (exact) mass is 254 g/mol. The molecule has 0 aliphatic heterocycles. The predicted octanol–water partition coefficient (Wildman–Crippen LogP) is 2.42. The third kappa shape index (κ3) is 3.97. The average molecular weight is 254 g/mol. The highest BCUT2D eigenvalue weighted by atomic mass is 32.2. The van der Waals surface area contributed by atoms with Gasteiger partial charge in [-0.05, 0) is 25.8 Å². The Bertz CT molecular complexity index is 420. The summed E-state index contributed by atoms with van der Waals surface area (Å²) >= 11 is 0. The van der Waals surface area contributed by atoms with Crippen molar-refractivity contribution in [2.45, 2.75) is 38.2 Å². The number of rotatable bonds is 5. The molecule has 94 valence electrons. The maximum atomic E-state index is 11.9. The van der Waals surface area contributed by atoms with Gasteiger partial charge in [0.05, 0.1) is 0 Å². The van der Waals surface area contributed by atoms with Crippen LogP contribution in [0.25, 0.3) is 0 Å². The first kappa shape index (κ1) is 13.9. The lowest BCUT2D eigenvalue weighted by atomic mass is 10.1. The van der Waals surface area contributed by atoms with Gasteiger partial charge in [0.25, 0.3) is 0 Å². The Labute approximate surface area is 104 Å². The number of benzene rings is 1. The van der Waals surface area contributed by atoms with Crippen LogP contribution >= 0.6 is 0 Å². The molecule has 0 heterocycles. The van der Waals surface area contributed by atoms with Crippen LogP contribution in [0, 0.1) is 13.8 Å². The van der Waals surface area contributed by atoms with Crippen LogP contribution < -0.4 is 0 Å². The van der Waals surface area contributed by atoms with Gasteiger partial charge in [0, 0.05) is 16.6 Å². The molecule has 0 fully saturated rings. The minimum Gasteiger partial charge on any atom is -0.480 e. The first-order valence-corrected chi connectivity index (χ1v) is 6.99. The number of carboxylic acid groups (broad SMARTS) is 1. The second-order valence-corrected chi connectivity index (χ2v) is 5.88. The summed E-state index contributed by atoms with van der Waals surface area (Å²) in [7, 11) is -1.36. The number of carboxylic acids is 1. The van der Waals surface area contributed by atoms with Gasteiger partial charge in [0.1, 0.15) is 5.25 Å². The van der Waals surface area contributed by atoms with E-state index in [2.05, 4.69) is 0 Å². The molecule has 1 aromatic rings. The summed E-state index contributed by atoms with van der Waals surface area (Å²) in [6.07, 6.45) is 0.396. The zero-order chi connectivity index (χ0) is 13.0. The third-order valence-corrected chi connectivity index (χ3v) is 4.34. The van der Waals surface area contributed by atoms with Gasteiger partial charge in [-0.2, -0.15) is 0 Å². The van der Waals surface area contributed by atoms with Gasteiger partial charge in [-0.1, -0.05) is 36.2 Å².